The first kappa shape index (κ1) is 19.2. The van der Waals surface area contributed by atoms with Crippen LogP contribution in [0.2, 0.25) is 0 Å². The molecule has 2 aromatic carbocycles. The number of para-hydroxylation sites is 1. The zero-order valence-corrected chi connectivity index (χ0v) is 17.2. The smallest absolute Gasteiger partial charge is 0.233 e. The van der Waals surface area contributed by atoms with E-state index in [0.717, 1.165) is 16.9 Å². The van der Waals surface area contributed by atoms with E-state index in [2.05, 4.69) is 55.5 Å². The zero-order valence-electron chi connectivity index (χ0n) is 17.2. The Kier molecular flexibility index (Phi) is 5.14. The van der Waals surface area contributed by atoms with Gasteiger partial charge in [0.05, 0.1) is 25.3 Å². The molecule has 1 atom stereocenters. The molecule has 0 saturated heterocycles. The number of aromatic nitrogens is 2. The first-order chi connectivity index (χ1) is 13.9. The lowest BCUT2D eigenvalue weighted by atomic mass is 9.87. The van der Waals surface area contributed by atoms with Gasteiger partial charge in [-0.2, -0.15) is 5.10 Å². The lowest BCUT2D eigenvalue weighted by Crippen LogP contribution is -2.27. The van der Waals surface area contributed by atoms with Crippen LogP contribution < -0.4 is 10.1 Å². The van der Waals surface area contributed by atoms with Crippen LogP contribution in [0.3, 0.4) is 0 Å². The van der Waals surface area contributed by atoms with Gasteiger partial charge in [-0.1, -0.05) is 63.2 Å². The number of rotatable bonds is 4. The third-order valence-electron chi connectivity index (χ3n) is 5.40. The van der Waals surface area contributed by atoms with Gasteiger partial charge >= 0.3 is 0 Å². The first-order valence-corrected chi connectivity index (χ1v) is 10.1. The van der Waals surface area contributed by atoms with E-state index in [0.29, 0.717) is 25.4 Å². The predicted molar refractivity (Wildman–Crippen MR) is 114 cm³/mol. The molecule has 0 radical (unpaired) electrons. The van der Waals surface area contributed by atoms with Crippen LogP contribution in [0.1, 0.15) is 49.8 Å². The van der Waals surface area contributed by atoms with E-state index in [9.17, 15) is 4.79 Å². The molecule has 5 heteroatoms. The maximum atomic E-state index is 13.0. The Hall–Kier alpha value is -3.08. The van der Waals surface area contributed by atoms with Crippen LogP contribution >= 0.6 is 0 Å². The molecule has 3 aromatic rings. The predicted octanol–water partition coefficient (Wildman–Crippen LogP) is 4.73. The summed E-state index contributed by atoms with van der Waals surface area (Å²) in [5.41, 5.74) is 3.52. The lowest BCUT2D eigenvalue weighted by molar-refractivity contribution is -0.118. The van der Waals surface area contributed by atoms with Crippen LogP contribution in [-0.4, -0.2) is 22.3 Å². The molecule has 0 saturated carbocycles. The molecule has 0 bridgehead atoms. The summed E-state index contributed by atoms with van der Waals surface area (Å²) >= 11 is 0. The van der Waals surface area contributed by atoms with Gasteiger partial charge in [0, 0.05) is 11.6 Å². The second kappa shape index (κ2) is 7.74. The van der Waals surface area contributed by atoms with E-state index in [-0.39, 0.29) is 17.2 Å². The van der Waals surface area contributed by atoms with Crippen molar-refractivity contribution in [1.82, 2.24) is 9.78 Å². The summed E-state index contributed by atoms with van der Waals surface area (Å²) in [5, 5.41) is 7.47. The molecule has 0 aliphatic carbocycles. The fraction of sp³-hybridized carbons (Fsp3) is 0.333. The van der Waals surface area contributed by atoms with Crippen molar-refractivity contribution in [3.63, 3.8) is 0 Å². The number of carbonyl (C=O) groups excluding carboxylic acids is 1. The molecular formula is C24H27N3O2. The zero-order chi connectivity index (χ0) is 20.4. The number of benzene rings is 2. The minimum atomic E-state index is -0.214. The highest BCUT2D eigenvalue weighted by Gasteiger charge is 2.28. The molecule has 1 aliphatic heterocycles. The molecule has 0 spiro atoms. The molecule has 0 fully saturated rings. The topological polar surface area (TPSA) is 56.2 Å². The van der Waals surface area contributed by atoms with E-state index in [1.54, 1.807) is 6.20 Å². The number of anilines is 1. The van der Waals surface area contributed by atoms with E-state index in [4.69, 9.17) is 4.74 Å². The number of nitrogens with one attached hydrogen (secondary N) is 1. The lowest BCUT2D eigenvalue weighted by Gasteiger charge is -2.25. The van der Waals surface area contributed by atoms with Crippen LogP contribution in [-0.2, 0) is 16.8 Å². The normalized spacial score (nSPS) is 16.0. The van der Waals surface area contributed by atoms with Gasteiger partial charge in [0.2, 0.25) is 5.91 Å². The average molecular weight is 389 g/mol. The Morgan fingerprint density at radius 2 is 1.90 bits per heavy atom. The van der Waals surface area contributed by atoms with Gasteiger partial charge in [0.15, 0.2) is 0 Å². The fourth-order valence-electron chi connectivity index (χ4n) is 3.68. The molecule has 5 nitrogen and oxygen atoms in total. The molecule has 4 rings (SSSR count). The van der Waals surface area contributed by atoms with Crippen LogP contribution in [0.25, 0.3) is 0 Å². The minimum absolute atomic E-state index is 0.0226. The van der Waals surface area contributed by atoms with E-state index in [1.807, 2.05) is 35.0 Å². The molecule has 1 N–H and O–H groups in total. The highest BCUT2D eigenvalue weighted by Crippen LogP contribution is 2.34. The Morgan fingerprint density at radius 1 is 1.14 bits per heavy atom. The number of nitrogens with zero attached hydrogens (tertiary/aromatic N) is 2. The minimum Gasteiger partial charge on any atom is -0.493 e. The quantitative estimate of drug-likeness (QED) is 0.702. The van der Waals surface area contributed by atoms with Gasteiger partial charge < -0.3 is 10.1 Å². The van der Waals surface area contributed by atoms with Crippen molar-refractivity contribution in [2.45, 2.75) is 45.1 Å². The molecule has 1 aromatic heterocycles. The molecule has 2 heterocycles. The summed E-state index contributed by atoms with van der Waals surface area (Å²) in [6.45, 7) is 7.78. The number of fused-ring (bicyclic) bond motifs is 1. The average Bonchev–Trinajstić information content (AvgIpc) is 3.13. The van der Waals surface area contributed by atoms with Crippen molar-refractivity contribution in [3.8, 4) is 5.75 Å². The van der Waals surface area contributed by atoms with Crippen molar-refractivity contribution < 1.29 is 9.53 Å². The van der Waals surface area contributed by atoms with E-state index >= 15 is 0 Å². The Bertz CT molecular complexity index is 999. The maximum absolute atomic E-state index is 13.0. The first-order valence-electron chi connectivity index (χ1n) is 10.1. The highest BCUT2D eigenvalue weighted by molar-refractivity contribution is 5.95. The summed E-state index contributed by atoms with van der Waals surface area (Å²) < 4.78 is 7.51. The third kappa shape index (κ3) is 4.19. The molecule has 1 amide bonds. The monoisotopic (exact) mass is 389 g/mol. The molecule has 1 unspecified atom stereocenters. The summed E-state index contributed by atoms with van der Waals surface area (Å²) in [6.07, 6.45) is 2.39. The van der Waals surface area contributed by atoms with Crippen molar-refractivity contribution in [2.24, 2.45) is 0 Å². The van der Waals surface area contributed by atoms with Crippen LogP contribution in [0.15, 0.2) is 60.8 Å². The SMILES string of the molecule is CC(C)(C)c1ccc(Cn2nccc2NC(=O)C2CCOc3ccccc32)cc1. The van der Waals surface area contributed by atoms with Crippen molar-refractivity contribution in [3.05, 3.63) is 77.5 Å². The number of hydrogen-bond acceptors (Lipinski definition) is 3. The van der Waals surface area contributed by atoms with Crippen LogP contribution in [0.5, 0.6) is 5.75 Å². The molecular weight excluding hydrogens is 362 g/mol. The van der Waals surface area contributed by atoms with Crippen molar-refractivity contribution in [1.29, 1.82) is 0 Å². The summed E-state index contributed by atoms with van der Waals surface area (Å²) in [7, 11) is 0. The van der Waals surface area contributed by atoms with Gasteiger partial charge in [-0.25, -0.2) is 4.68 Å². The van der Waals surface area contributed by atoms with Gasteiger partial charge in [0.1, 0.15) is 11.6 Å². The summed E-state index contributed by atoms with van der Waals surface area (Å²) in [4.78, 5) is 13.0. The van der Waals surface area contributed by atoms with Gasteiger partial charge in [0.25, 0.3) is 0 Å². The number of hydrogen-bond donors (Lipinski definition) is 1. The fourth-order valence-corrected chi connectivity index (χ4v) is 3.68. The Balaban J connectivity index is 1.48. The van der Waals surface area contributed by atoms with Gasteiger partial charge in [-0.05, 0) is 29.0 Å². The van der Waals surface area contributed by atoms with E-state index < -0.39 is 0 Å². The second-order valence-corrected chi connectivity index (χ2v) is 8.54. The third-order valence-corrected chi connectivity index (χ3v) is 5.40. The van der Waals surface area contributed by atoms with Gasteiger partial charge in [-0.3, -0.25) is 4.79 Å². The van der Waals surface area contributed by atoms with Crippen molar-refractivity contribution >= 4 is 11.7 Å². The highest BCUT2D eigenvalue weighted by atomic mass is 16.5. The molecule has 29 heavy (non-hydrogen) atoms. The standard InChI is InChI=1S/C24H27N3O2/c1-24(2,3)18-10-8-17(9-11-18)16-27-22(12-14-25-27)26-23(28)20-13-15-29-21-7-5-4-6-19(20)21/h4-12,14,20H,13,15-16H2,1-3H3,(H,26,28). The van der Waals surface area contributed by atoms with Crippen LogP contribution in [0, 0.1) is 0 Å². The maximum Gasteiger partial charge on any atom is 0.233 e. The van der Waals surface area contributed by atoms with Crippen LogP contribution in [0.4, 0.5) is 5.82 Å². The second-order valence-electron chi connectivity index (χ2n) is 8.54. The molecule has 150 valence electrons. The summed E-state index contributed by atoms with van der Waals surface area (Å²) in [5.74, 6) is 1.27. The number of amides is 1. The Morgan fingerprint density at radius 3 is 2.66 bits per heavy atom. The van der Waals surface area contributed by atoms with Crippen molar-refractivity contribution in [2.75, 3.05) is 11.9 Å². The van der Waals surface area contributed by atoms with E-state index in [1.165, 1.54) is 5.56 Å². The molecule has 1 aliphatic rings. The number of carbonyl (C=O) groups is 1. The largest absolute Gasteiger partial charge is 0.493 e. The van der Waals surface area contributed by atoms with Gasteiger partial charge in [-0.15, -0.1) is 0 Å². The summed E-state index contributed by atoms with van der Waals surface area (Å²) in [6, 6.07) is 18.2. The Labute approximate surface area is 171 Å². The number of ether oxygens (including phenoxy) is 1.